The van der Waals surface area contributed by atoms with Gasteiger partial charge in [-0.2, -0.15) is 5.26 Å². The number of rotatable bonds is 2. The number of nitrogens with zero attached hydrogens (tertiary/aromatic N) is 5. The number of hydrogen-bond donors (Lipinski definition) is 1. The van der Waals surface area contributed by atoms with E-state index in [1.807, 2.05) is 12.1 Å². The highest BCUT2D eigenvalue weighted by molar-refractivity contribution is 5.95. The maximum Gasteiger partial charge on any atom is 0.101 e. The number of piperazine rings is 1. The van der Waals surface area contributed by atoms with E-state index in [2.05, 4.69) is 68.3 Å². The van der Waals surface area contributed by atoms with E-state index in [0.29, 0.717) is 29.7 Å². The number of aromatic nitrogens is 1. The summed E-state index contributed by atoms with van der Waals surface area (Å²) < 4.78 is 5.87. The molecule has 4 atom stereocenters. The molecule has 2 aromatic carbocycles. The third-order valence-corrected chi connectivity index (χ3v) is 8.79. The zero-order valence-corrected chi connectivity index (χ0v) is 21.4. The van der Waals surface area contributed by atoms with E-state index in [9.17, 15) is 5.26 Å². The number of hydrogen-bond acceptors (Lipinski definition) is 7. The van der Waals surface area contributed by atoms with Crippen molar-refractivity contribution in [2.24, 2.45) is 0 Å². The lowest BCUT2D eigenvalue weighted by Crippen LogP contribution is -2.55. The number of fused-ring (bicyclic) bond motifs is 6. The fourth-order valence-electron chi connectivity index (χ4n) is 7.00. The summed E-state index contributed by atoms with van der Waals surface area (Å²) in [7, 11) is 0. The molecular formula is C30H34N6O. The van der Waals surface area contributed by atoms with Gasteiger partial charge >= 0.3 is 0 Å². The summed E-state index contributed by atoms with van der Waals surface area (Å²) in [6, 6.07) is 19.3. The van der Waals surface area contributed by atoms with Crippen LogP contribution in [0.25, 0.3) is 10.9 Å². The molecule has 7 rings (SSSR count). The Kier molecular flexibility index (Phi) is 5.77. The Balaban J connectivity index is 1.16. The van der Waals surface area contributed by atoms with Crippen molar-refractivity contribution in [2.45, 2.75) is 50.5 Å². The number of nitrogens with one attached hydrogen (secondary N) is 1. The first kappa shape index (κ1) is 23.0. The van der Waals surface area contributed by atoms with Crippen molar-refractivity contribution in [1.82, 2.24) is 15.2 Å². The molecule has 0 aliphatic carbocycles. The smallest absolute Gasteiger partial charge is 0.101 e. The number of nitriles is 1. The van der Waals surface area contributed by atoms with Gasteiger partial charge in [0.05, 0.1) is 30.3 Å². The van der Waals surface area contributed by atoms with Crippen molar-refractivity contribution in [3.8, 4) is 6.07 Å². The molecule has 0 spiro atoms. The maximum atomic E-state index is 9.58. The quantitative estimate of drug-likeness (QED) is 0.581. The Morgan fingerprint density at radius 2 is 1.97 bits per heavy atom. The molecule has 2 bridgehead atoms. The van der Waals surface area contributed by atoms with Crippen molar-refractivity contribution in [1.29, 1.82) is 5.26 Å². The number of anilines is 2. The van der Waals surface area contributed by atoms with Crippen LogP contribution in [0.3, 0.4) is 0 Å². The molecule has 7 heteroatoms. The molecule has 3 fully saturated rings. The second kappa shape index (κ2) is 9.29. The lowest BCUT2D eigenvalue weighted by molar-refractivity contribution is 0.0414. The van der Waals surface area contributed by atoms with Gasteiger partial charge in [0.25, 0.3) is 0 Å². The Hall–Kier alpha value is -3.18. The van der Waals surface area contributed by atoms with Crippen LogP contribution in [0.2, 0.25) is 0 Å². The van der Waals surface area contributed by atoms with E-state index in [0.717, 1.165) is 56.8 Å². The lowest BCUT2D eigenvalue weighted by atomic mass is 9.99. The number of morpholine rings is 1. The van der Waals surface area contributed by atoms with Crippen LogP contribution < -0.4 is 15.1 Å². The van der Waals surface area contributed by atoms with Crippen molar-refractivity contribution in [2.75, 3.05) is 49.2 Å². The zero-order valence-electron chi connectivity index (χ0n) is 21.4. The summed E-state index contributed by atoms with van der Waals surface area (Å²) in [4.78, 5) is 12.3. The fraction of sp³-hybridized carbons (Fsp3) is 0.467. The van der Waals surface area contributed by atoms with Gasteiger partial charge in [-0.1, -0.05) is 6.07 Å². The van der Waals surface area contributed by atoms with Crippen LogP contribution in [-0.4, -0.2) is 67.4 Å². The summed E-state index contributed by atoms with van der Waals surface area (Å²) in [6.07, 6.45) is 4.15. The minimum absolute atomic E-state index is 0.372. The molecular weight excluding hydrogens is 460 g/mol. The van der Waals surface area contributed by atoms with Crippen LogP contribution in [0, 0.1) is 11.3 Å². The maximum absolute atomic E-state index is 9.58. The second-order valence-corrected chi connectivity index (χ2v) is 11.2. The molecule has 190 valence electrons. The average Bonchev–Trinajstić information content (AvgIpc) is 3.30. The predicted octanol–water partition coefficient (Wildman–Crippen LogP) is 3.83. The van der Waals surface area contributed by atoms with Gasteiger partial charge in [0, 0.05) is 73.8 Å². The molecule has 3 saturated heterocycles. The summed E-state index contributed by atoms with van der Waals surface area (Å²) in [6.45, 7) is 9.06. The van der Waals surface area contributed by atoms with Gasteiger partial charge < -0.3 is 19.9 Å². The van der Waals surface area contributed by atoms with E-state index in [1.54, 1.807) is 6.20 Å². The van der Waals surface area contributed by atoms with Crippen molar-refractivity contribution in [3.05, 3.63) is 65.4 Å². The third-order valence-electron chi connectivity index (χ3n) is 8.79. The van der Waals surface area contributed by atoms with E-state index in [4.69, 9.17) is 4.74 Å². The number of benzene rings is 2. The van der Waals surface area contributed by atoms with Gasteiger partial charge in [0.2, 0.25) is 0 Å². The molecule has 4 aliphatic rings. The number of ether oxygens (including phenoxy) is 1. The van der Waals surface area contributed by atoms with E-state index >= 15 is 0 Å². The third kappa shape index (κ3) is 4.04. The molecule has 5 heterocycles. The van der Waals surface area contributed by atoms with Gasteiger partial charge in [0.1, 0.15) is 6.07 Å². The summed E-state index contributed by atoms with van der Waals surface area (Å²) in [5, 5.41) is 14.4. The molecule has 4 aliphatic heterocycles. The van der Waals surface area contributed by atoms with Gasteiger partial charge in [-0.3, -0.25) is 9.88 Å². The molecule has 0 amide bonds. The topological polar surface area (TPSA) is 67.7 Å². The van der Waals surface area contributed by atoms with Crippen molar-refractivity contribution >= 4 is 22.3 Å². The van der Waals surface area contributed by atoms with Gasteiger partial charge in [-0.05, 0) is 67.3 Å². The molecule has 2 unspecified atom stereocenters. The molecule has 1 N–H and O–H groups in total. The molecule has 1 aromatic heterocycles. The van der Waals surface area contributed by atoms with E-state index in [1.165, 1.54) is 35.3 Å². The van der Waals surface area contributed by atoms with Crippen LogP contribution in [0.5, 0.6) is 0 Å². The Morgan fingerprint density at radius 1 is 1.05 bits per heavy atom. The second-order valence-electron chi connectivity index (χ2n) is 11.2. The van der Waals surface area contributed by atoms with Crippen molar-refractivity contribution in [3.63, 3.8) is 0 Å². The zero-order chi connectivity index (χ0) is 24.9. The normalized spacial score (nSPS) is 27.8. The largest absolute Gasteiger partial charge is 0.378 e. The molecule has 3 aromatic rings. The molecule has 37 heavy (non-hydrogen) atoms. The Morgan fingerprint density at radius 3 is 2.89 bits per heavy atom. The van der Waals surface area contributed by atoms with Gasteiger partial charge in [-0.15, -0.1) is 0 Å². The van der Waals surface area contributed by atoms with E-state index < -0.39 is 0 Å². The van der Waals surface area contributed by atoms with Crippen LogP contribution in [0.1, 0.15) is 42.5 Å². The minimum atomic E-state index is 0.372. The summed E-state index contributed by atoms with van der Waals surface area (Å²) in [5.41, 5.74) is 6.89. The van der Waals surface area contributed by atoms with E-state index in [-0.39, 0.29) is 0 Å². The molecule has 7 nitrogen and oxygen atoms in total. The van der Waals surface area contributed by atoms with Crippen molar-refractivity contribution < 1.29 is 4.74 Å². The highest BCUT2D eigenvalue weighted by Gasteiger charge is 2.39. The Bertz CT molecular complexity index is 1370. The molecule has 0 radical (unpaired) electrons. The molecule has 0 saturated carbocycles. The van der Waals surface area contributed by atoms with Crippen LogP contribution >= 0.6 is 0 Å². The standard InChI is InChI=1S/C30H34N6O/c1-20-14-35(28-9-6-21(13-31)30-27(28)5-2-10-32-30)17-29-26-8-7-25(12-22(26)15-36(20)29)34-11-3-4-23-18-37-19-24(16-34)33-23/h2,5-10,12,20,23-24,29,33H,3-4,11,14-19H2,1H3/t20-,23?,24?,29-/m1/s1. The van der Waals surface area contributed by atoms with Crippen LogP contribution in [0.15, 0.2) is 48.7 Å². The highest BCUT2D eigenvalue weighted by atomic mass is 16.5. The average molecular weight is 495 g/mol. The lowest BCUT2D eigenvalue weighted by Gasteiger charge is -2.44. The minimum Gasteiger partial charge on any atom is -0.378 e. The summed E-state index contributed by atoms with van der Waals surface area (Å²) >= 11 is 0. The first-order valence-electron chi connectivity index (χ1n) is 13.7. The van der Waals surface area contributed by atoms with Gasteiger partial charge in [-0.25, -0.2) is 0 Å². The predicted molar refractivity (Wildman–Crippen MR) is 146 cm³/mol. The Labute approximate surface area is 218 Å². The summed E-state index contributed by atoms with van der Waals surface area (Å²) in [5.74, 6) is 0. The fourth-order valence-corrected chi connectivity index (χ4v) is 7.00. The number of pyridine rings is 1. The van der Waals surface area contributed by atoms with Crippen LogP contribution in [0.4, 0.5) is 11.4 Å². The first-order valence-corrected chi connectivity index (χ1v) is 13.7. The highest BCUT2D eigenvalue weighted by Crippen LogP contribution is 2.42. The SMILES string of the molecule is C[C@@H]1CN(c2ccc(C#N)c3ncccc23)C[C@@H]2c3ccc(N4CCCC5COCC(C4)N5)cc3CN12. The monoisotopic (exact) mass is 494 g/mol. The first-order chi connectivity index (χ1) is 18.2. The van der Waals surface area contributed by atoms with Crippen LogP contribution in [-0.2, 0) is 11.3 Å². The van der Waals surface area contributed by atoms with Gasteiger partial charge in [0.15, 0.2) is 0 Å².